The fraction of sp³-hybridized carbons (Fsp3) is 1.00. The molecule has 0 aromatic carbocycles. The summed E-state index contributed by atoms with van der Waals surface area (Å²) in [6.45, 7) is 17.0. The predicted octanol–water partition coefficient (Wildman–Crippen LogP) is -1.90. The molecule has 0 fully saturated rings. The van der Waals surface area contributed by atoms with Gasteiger partial charge >= 0.3 is 10.5 Å². The van der Waals surface area contributed by atoms with Crippen molar-refractivity contribution >= 4 is 20.2 Å². The standard InChI is InChI=1S/2C6H15N.2C2H4F2O4S/c2*1-4-7(5-2)6-3;2*3-2(4,1-5)9(6,7)8/h2*4-6H2,1-3H3;2*5H,1H2,(H,6,7,8). The van der Waals surface area contributed by atoms with Crippen LogP contribution in [0, 0.1) is 0 Å². The molecule has 0 heterocycles. The number of halogens is 4. The number of quaternary nitrogens is 2. The van der Waals surface area contributed by atoms with Crippen molar-refractivity contribution in [2.45, 2.75) is 52.1 Å². The molecular formula is C16H38F4N2O8S2. The van der Waals surface area contributed by atoms with Gasteiger partial charge in [-0.05, 0) is 41.5 Å². The van der Waals surface area contributed by atoms with Gasteiger partial charge in [0.05, 0.1) is 39.3 Å². The first-order chi connectivity index (χ1) is 14.3. The predicted molar refractivity (Wildman–Crippen MR) is 109 cm³/mol. The van der Waals surface area contributed by atoms with Crippen molar-refractivity contribution in [1.29, 1.82) is 0 Å². The number of rotatable bonds is 10. The van der Waals surface area contributed by atoms with E-state index in [9.17, 15) is 43.5 Å². The molecule has 0 saturated heterocycles. The quantitative estimate of drug-likeness (QED) is 0.189. The van der Waals surface area contributed by atoms with Crippen LogP contribution in [0.2, 0.25) is 0 Å². The van der Waals surface area contributed by atoms with Crippen LogP contribution in [0.3, 0.4) is 0 Å². The average molecular weight is 527 g/mol. The van der Waals surface area contributed by atoms with Crippen molar-refractivity contribution in [1.82, 2.24) is 0 Å². The lowest BCUT2D eigenvalue weighted by molar-refractivity contribution is -0.894. The second-order valence-corrected chi connectivity index (χ2v) is 9.13. The van der Waals surface area contributed by atoms with Gasteiger partial charge in [0.25, 0.3) is 0 Å². The molecule has 0 bridgehead atoms. The Balaban J connectivity index is -0.000000165. The number of hydrogen-bond donors (Lipinski definition) is 4. The van der Waals surface area contributed by atoms with Gasteiger partial charge in [-0.2, -0.15) is 17.6 Å². The lowest BCUT2D eigenvalue weighted by Gasteiger charge is -2.16. The smallest absolute Gasteiger partial charge is 0.356 e. The third kappa shape index (κ3) is 18.9. The molecule has 200 valence electrons. The Morgan fingerprint density at radius 2 is 0.750 bits per heavy atom. The van der Waals surface area contributed by atoms with Gasteiger partial charge in [0.15, 0.2) is 20.2 Å². The minimum Gasteiger partial charge on any atom is -0.743 e. The molecule has 0 aliphatic rings. The van der Waals surface area contributed by atoms with Crippen LogP contribution in [0.4, 0.5) is 17.6 Å². The van der Waals surface area contributed by atoms with Gasteiger partial charge in [-0.1, -0.05) is 0 Å². The van der Waals surface area contributed by atoms with Crippen molar-refractivity contribution in [2.75, 3.05) is 52.5 Å². The zero-order valence-corrected chi connectivity index (χ0v) is 21.0. The van der Waals surface area contributed by atoms with Gasteiger partial charge in [0.2, 0.25) is 0 Å². The van der Waals surface area contributed by atoms with Crippen molar-refractivity contribution in [3.8, 4) is 0 Å². The Bertz CT molecular complexity index is 575. The minimum atomic E-state index is -5.69. The molecular weight excluding hydrogens is 488 g/mol. The summed E-state index contributed by atoms with van der Waals surface area (Å²) in [5, 5.41) is 6.10. The number of aliphatic hydroxyl groups is 2. The van der Waals surface area contributed by atoms with E-state index in [1.807, 2.05) is 0 Å². The maximum absolute atomic E-state index is 11.5. The Morgan fingerprint density at radius 1 is 0.594 bits per heavy atom. The van der Waals surface area contributed by atoms with E-state index >= 15 is 0 Å². The van der Waals surface area contributed by atoms with Crippen molar-refractivity contribution in [3.05, 3.63) is 0 Å². The summed E-state index contributed by atoms with van der Waals surface area (Å²) >= 11 is 0. The molecule has 0 spiro atoms. The highest BCUT2D eigenvalue weighted by Crippen LogP contribution is 2.18. The number of aliphatic hydroxyl groups excluding tert-OH is 2. The molecule has 16 heteroatoms. The summed E-state index contributed by atoms with van der Waals surface area (Å²) in [6, 6.07) is 0. The Hall–Kier alpha value is -0.620. The first-order valence-corrected chi connectivity index (χ1v) is 12.7. The summed E-state index contributed by atoms with van der Waals surface area (Å²) < 4.78 is 103. The van der Waals surface area contributed by atoms with E-state index in [2.05, 4.69) is 41.5 Å². The second-order valence-electron chi connectivity index (χ2n) is 6.12. The van der Waals surface area contributed by atoms with Gasteiger partial charge in [-0.25, -0.2) is 16.8 Å². The lowest BCUT2D eigenvalue weighted by atomic mass is 10.5. The third-order valence-corrected chi connectivity index (χ3v) is 5.82. The average Bonchev–Trinajstić information content (AvgIpc) is 2.70. The van der Waals surface area contributed by atoms with E-state index in [1.54, 1.807) is 9.80 Å². The van der Waals surface area contributed by atoms with Crippen molar-refractivity contribution in [2.24, 2.45) is 0 Å². The Kier molecular flexibility index (Phi) is 22.7. The van der Waals surface area contributed by atoms with Gasteiger partial charge in [-0.15, -0.1) is 0 Å². The number of nitrogens with one attached hydrogen (secondary N) is 2. The highest BCUT2D eigenvalue weighted by Gasteiger charge is 2.36. The molecule has 10 nitrogen and oxygen atoms in total. The highest BCUT2D eigenvalue weighted by atomic mass is 32.2. The van der Waals surface area contributed by atoms with Crippen LogP contribution in [0.25, 0.3) is 0 Å². The molecule has 4 N–H and O–H groups in total. The SMILES string of the molecule is CC[NH+](CC)CC.CC[NH+](CC)CC.O=S(=O)([O-])C(F)(F)CO.O=S(=O)([O-])C(F)(F)CO. The van der Waals surface area contributed by atoms with Crippen LogP contribution in [0.5, 0.6) is 0 Å². The van der Waals surface area contributed by atoms with Crippen LogP contribution in [-0.4, -0.2) is 99.1 Å². The van der Waals surface area contributed by atoms with Gasteiger partial charge in [0, 0.05) is 0 Å². The Morgan fingerprint density at radius 3 is 0.750 bits per heavy atom. The molecule has 0 atom stereocenters. The molecule has 0 amide bonds. The highest BCUT2D eigenvalue weighted by molar-refractivity contribution is 7.87. The Labute approximate surface area is 188 Å². The summed E-state index contributed by atoms with van der Waals surface area (Å²) in [4.78, 5) is 3.36. The lowest BCUT2D eigenvalue weighted by Crippen LogP contribution is -3.11. The van der Waals surface area contributed by atoms with E-state index in [4.69, 9.17) is 10.2 Å². The first-order valence-electron chi connectivity index (χ1n) is 9.87. The maximum atomic E-state index is 11.5. The third-order valence-electron chi connectivity index (χ3n) is 4.10. The molecule has 0 aromatic rings. The monoisotopic (exact) mass is 526 g/mol. The fourth-order valence-corrected chi connectivity index (χ4v) is 1.97. The molecule has 0 rings (SSSR count). The fourth-order valence-electron chi connectivity index (χ4n) is 1.66. The normalized spacial score (nSPS) is 12.2. The molecule has 0 saturated carbocycles. The molecule has 0 aliphatic carbocycles. The maximum Gasteiger partial charge on any atom is 0.356 e. The minimum absolute atomic E-state index is 1.27. The summed E-state index contributed by atoms with van der Waals surface area (Å²) in [5.74, 6) is 0. The van der Waals surface area contributed by atoms with E-state index in [-0.39, 0.29) is 0 Å². The summed E-state index contributed by atoms with van der Waals surface area (Å²) in [6.07, 6.45) is 0. The van der Waals surface area contributed by atoms with E-state index in [1.165, 1.54) is 39.3 Å². The van der Waals surface area contributed by atoms with Crippen LogP contribution in [-0.2, 0) is 20.2 Å². The van der Waals surface area contributed by atoms with Gasteiger partial charge in [-0.3, -0.25) is 0 Å². The van der Waals surface area contributed by atoms with Gasteiger partial charge in [0.1, 0.15) is 13.2 Å². The molecule has 32 heavy (non-hydrogen) atoms. The van der Waals surface area contributed by atoms with E-state index < -0.39 is 44.0 Å². The van der Waals surface area contributed by atoms with Crippen LogP contribution in [0.15, 0.2) is 0 Å². The first kappa shape index (κ1) is 38.6. The van der Waals surface area contributed by atoms with Crippen LogP contribution in [0.1, 0.15) is 41.5 Å². The molecule has 0 radical (unpaired) electrons. The largest absolute Gasteiger partial charge is 0.743 e. The molecule has 0 aromatic heterocycles. The summed E-state index contributed by atoms with van der Waals surface area (Å²) in [5.41, 5.74) is 0. The van der Waals surface area contributed by atoms with Crippen molar-refractivity contribution in [3.63, 3.8) is 0 Å². The number of hydrogen-bond acceptors (Lipinski definition) is 8. The number of alkyl halides is 4. The van der Waals surface area contributed by atoms with Crippen LogP contribution >= 0.6 is 0 Å². The van der Waals surface area contributed by atoms with E-state index in [0.717, 1.165) is 0 Å². The molecule has 0 aliphatic heterocycles. The van der Waals surface area contributed by atoms with Gasteiger partial charge < -0.3 is 29.1 Å². The molecule has 0 unspecified atom stereocenters. The summed E-state index contributed by atoms with van der Waals surface area (Å²) in [7, 11) is -11.4. The topological polar surface area (TPSA) is 164 Å². The van der Waals surface area contributed by atoms with E-state index in [0.29, 0.717) is 0 Å². The zero-order valence-electron chi connectivity index (χ0n) is 19.3. The van der Waals surface area contributed by atoms with Crippen LogP contribution < -0.4 is 9.80 Å². The van der Waals surface area contributed by atoms with Crippen molar-refractivity contribution < 1.29 is 63.5 Å². The second kappa shape index (κ2) is 18.8. The zero-order chi connectivity index (χ0) is 26.8.